The van der Waals surface area contributed by atoms with Gasteiger partial charge in [-0.15, -0.1) is 16.4 Å². The van der Waals surface area contributed by atoms with Crippen LogP contribution in [0.3, 0.4) is 0 Å². The standard InChI is InChI=1S/C14H14N4O2S2/c1-18-14(15-13(16-18)12-8-5-9-21-12)17-22(19,20)10-11-6-3-2-4-7-11/h2-9H,10H2,1H3,(H,15,16,17). The van der Waals surface area contributed by atoms with Crippen molar-refractivity contribution in [2.45, 2.75) is 5.75 Å². The minimum absolute atomic E-state index is 0.102. The summed E-state index contributed by atoms with van der Waals surface area (Å²) in [5, 5.41) is 6.15. The molecule has 3 aromatic rings. The molecule has 0 aliphatic heterocycles. The van der Waals surface area contributed by atoms with Crippen molar-refractivity contribution in [1.29, 1.82) is 0 Å². The second-order valence-corrected chi connectivity index (χ2v) is 7.38. The molecule has 0 aliphatic carbocycles. The lowest BCUT2D eigenvalue weighted by molar-refractivity contribution is 0.599. The molecule has 8 heteroatoms. The number of thiophene rings is 1. The molecule has 6 nitrogen and oxygen atoms in total. The Bertz CT molecular complexity index is 856. The number of benzene rings is 1. The topological polar surface area (TPSA) is 76.9 Å². The zero-order valence-corrected chi connectivity index (χ0v) is 13.4. The molecule has 0 unspecified atom stereocenters. The largest absolute Gasteiger partial charge is 0.251 e. The summed E-state index contributed by atoms with van der Waals surface area (Å²) in [6.07, 6.45) is 0. The van der Waals surface area contributed by atoms with E-state index in [4.69, 9.17) is 0 Å². The first kappa shape index (κ1) is 14.7. The van der Waals surface area contributed by atoms with Crippen LogP contribution in [0.25, 0.3) is 10.7 Å². The van der Waals surface area contributed by atoms with Crippen LogP contribution < -0.4 is 4.72 Å². The predicted octanol–water partition coefficient (Wildman–Crippen LogP) is 2.49. The molecule has 1 aromatic carbocycles. The maximum atomic E-state index is 12.2. The third kappa shape index (κ3) is 3.34. The molecule has 2 heterocycles. The first-order chi connectivity index (χ1) is 10.5. The van der Waals surface area contributed by atoms with E-state index >= 15 is 0 Å². The van der Waals surface area contributed by atoms with Gasteiger partial charge in [-0.25, -0.2) is 13.1 Å². The lowest BCUT2D eigenvalue weighted by Crippen LogP contribution is -2.17. The van der Waals surface area contributed by atoms with Crippen molar-refractivity contribution >= 4 is 27.3 Å². The molecule has 1 N–H and O–H groups in total. The van der Waals surface area contributed by atoms with Crippen LogP contribution in [0.5, 0.6) is 0 Å². The van der Waals surface area contributed by atoms with Gasteiger partial charge in [0.2, 0.25) is 16.0 Å². The highest BCUT2D eigenvalue weighted by Gasteiger charge is 2.17. The van der Waals surface area contributed by atoms with Crippen molar-refractivity contribution in [3.8, 4) is 10.7 Å². The van der Waals surface area contributed by atoms with Gasteiger partial charge in [-0.2, -0.15) is 4.98 Å². The minimum atomic E-state index is -3.54. The van der Waals surface area contributed by atoms with Gasteiger partial charge in [0.15, 0.2) is 5.82 Å². The van der Waals surface area contributed by atoms with Gasteiger partial charge < -0.3 is 0 Å². The number of anilines is 1. The first-order valence-corrected chi connectivity index (χ1v) is 9.06. The predicted molar refractivity (Wildman–Crippen MR) is 87.0 cm³/mol. The Morgan fingerprint density at radius 1 is 1.18 bits per heavy atom. The third-order valence-electron chi connectivity index (χ3n) is 2.95. The van der Waals surface area contributed by atoms with Gasteiger partial charge in [-0.1, -0.05) is 36.4 Å². The van der Waals surface area contributed by atoms with Gasteiger partial charge in [-0.3, -0.25) is 4.72 Å². The summed E-state index contributed by atoms with van der Waals surface area (Å²) >= 11 is 1.50. The van der Waals surface area contributed by atoms with Crippen molar-refractivity contribution in [2.24, 2.45) is 7.05 Å². The van der Waals surface area contributed by atoms with E-state index in [1.54, 1.807) is 19.2 Å². The number of aromatic nitrogens is 3. The van der Waals surface area contributed by atoms with E-state index in [0.29, 0.717) is 5.82 Å². The molecule has 0 spiro atoms. The number of sulfonamides is 1. The molecule has 2 aromatic heterocycles. The lowest BCUT2D eigenvalue weighted by atomic mass is 10.2. The van der Waals surface area contributed by atoms with Crippen LogP contribution >= 0.6 is 11.3 Å². The maximum absolute atomic E-state index is 12.2. The van der Waals surface area contributed by atoms with Gasteiger partial charge in [-0.05, 0) is 17.0 Å². The molecule has 22 heavy (non-hydrogen) atoms. The van der Waals surface area contributed by atoms with Crippen molar-refractivity contribution < 1.29 is 8.42 Å². The van der Waals surface area contributed by atoms with E-state index < -0.39 is 10.0 Å². The van der Waals surface area contributed by atoms with E-state index in [1.165, 1.54) is 16.0 Å². The van der Waals surface area contributed by atoms with Crippen LogP contribution in [0.4, 0.5) is 5.95 Å². The van der Waals surface area contributed by atoms with Crippen LogP contribution in [-0.4, -0.2) is 23.2 Å². The van der Waals surface area contributed by atoms with Crippen LogP contribution in [0, 0.1) is 0 Å². The summed E-state index contributed by atoms with van der Waals surface area (Å²) in [5.74, 6) is 0.615. The molecule has 0 saturated heterocycles. The van der Waals surface area contributed by atoms with Crippen LogP contribution in [0.1, 0.15) is 5.56 Å². The minimum Gasteiger partial charge on any atom is -0.251 e. The zero-order chi connectivity index (χ0) is 15.6. The van der Waals surface area contributed by atoms with E-state index in [9.17, 15) is 8.42 Å². The first-order valence-electron chi connectivity index (χ1n) is 6.53. The van der Waals surface area contributed by atoms with E-state index in [1.807, 2.05) is 35.7 Å². The monoisotopic (exact) mass is 334 g/mol. The number of hydrogen-bond acceptors (Lipinski definition) is 5. The van der Waals surface area contributed by atoms with Crippen molar-refractivity contribution in [3.63, 3.8) is 0 Å². The Hall–Kier alpha value is -2.19. The van der Waals surface area contributed by atoms with Gasteiger partial charge in [0.25, 0.3) is 0 Å². The number of aryl methyl sites for hydroxylation is 1. The maximum Gasteiger partial charge on any atom is 0.239 e. The van der Waals surface area contributed by atoms with Crippen LogP contribution in [0.15, 0.2) is 47.8 Å². The highest BCUT2D eigenvalue weighted by molar-refractivity contribution is 7.91. The average molecular weight is 334 g/mol. The Balaban J connectivity index is 1.81. The fourth-order valence-electron chi connectivity index (χ4n) is 1.95. The van der Waals surface area contributed by atoms with Crippen molar-refractivity contribution in [2.75, 3.05) is 4.72 Å². The normalized spacial score (nSPS) is 11.5. The summed E-state index contributed by atoms with van der Waals surface area (Å²) < 4.78 is 28.4. The van der Waals surface area contributed by atoms with E-state index in [0.717, 1.165) is 10.4 Å². The van der Waals surface area contributed by atoms with Gasteiger partial charge in [0, 0.05) is 7.05 Å². The number of nitrogens with one attached hydrogen (secondary N) is 1. The molecule has 0 atom stereocenters. The molecule has 0 fully saturated rings. The Labute approximate surface area is 132 Å². The van der Waals surface area contributed by atoms with E-state index in [2.05, 4.69) is 14.8 Å². The highest BCUT2D eigenvalue weighted by atomic mass is 32.2. The molecule has 0 radical (unpaired) electrons. The van der Waals surface area contributed by atoms with Gasteiger partial charge >= 0.3 is 0 Å². The van der Waals surface area contributed by atoms with Gasteiger partial charge in [0.05, 0.1) is 10.6 Å². The Kier molecular flexibility index (Phi) is 3.95. The summed E-state index contributed by atoms with van der Waals surface area (Å²) in [7, 11) is -1.88. The van der Waals surface area contributed by atoms with Crippen molar-refractivity contribution in [1.82, 2.24) is 14.8 Å². The molecule has 114 valence electrons. The van der Waals surface area contributed by atoms with E-state index in [-0.39, 0.29) is 11.7 Å². The highest BCUT2D eigenvalue weighted by Crippen LogP contribution is 2.22. The molecule has 3 rings (SSSR count). The number of nitrogens with zero attached hydrogens (tertiary/aromatic N) is 3. The Morgan fingerprint density at radius 3 is 2.64 bits per heavy atom. The number of hydrogen-bond donors (Lipinski definition) is 1. The molecule has 0 amide bonds. The average Bonchev–Trinajstić information content (AvgIpc) is 3.10. The second-order valence-electron chi connectivity index (χ2n) is 4.71. The van der Waals surface area contributed by atoms with Crippen LogP contribution in [-0.2, 0) is 22.8 Å². The smallest absolute Gasteiger partial charge is 0.239 e. The van der Waals surface area contributed by atoms with Crippen LogP contribution in [0.2, 0.25) is 0 Å². The molecule has 0 aliphatic rings. The fourth-order valence-corrected chi connectivity index (χ4v) is 3.76. The summed E-state index contributed by atoms with van der Waals surface area (Å²) in [6, 6.07) is 12.8. The second kappa shape index (κ2) is 5.90. The fraction of sp³-hybridized carbons (Fsp3) is 0.143. The molecule has 0 saturated carbocycles. The zero-order valence-electron chi connectivity index (χ0n) is 11.8. The van der Waals surface area contributed by atoms with Crippen molar-refractivity contribution in [3.05, 3.63) is 53.4 Å². The summed E-state index contributed by atoms with van der Waals surface area (Å²) in [5.41, 5.74) is 0.718. The third-order valence-corrected chi connectivity index (χ3v) is 5.02. The summed E-state index contributed by atoms with van der Waals surface area (Å²) in [6.45, 7) is 0. The van der Waals surface area contributed by atoms with Gasteiger partial charge in [0.1, 0.15) is 0 Å². The molecular formula is C14H14N4O2S2. The Morgan fingerprint density at radius 2 is 1.95 bits per heavy atom. The quantitative estimate of drug-likeness (QED) is 0.778. The SMILES string of the molecule is Cn1nc(-c2cccs2)nc1NS(=O)(=O)Cc1ccccc1. The lowest BCUT2D eigenvalue weighted by Gasteiger charge is -2.06. The number of rotatable bonds is 5. The molecular weight excluding hydrogens is 320 g/mol. The molecule has 0 bridgehead atoms. The summed E-state index contributed by atoms with van der Waals surface area (Å²) in [4.78, 5) is 5.14.